The van der Waals surface area contributed by atoms with E-state index in [1.165, 1.54) is 11.1 Å². The van der Waals surface area contributed by atoms with Crippen LogP contribution in [-0.2, 0) is 13.1 Å². The van der Waals surface area contributed by atoms with Gasteiger partial charge in [-0.25, -0.2) is 9.97 Å². The number of anilines is 1. The number of aromatic nitrogens is 5. The number of aromatic amines is 1. The van der Waals surface area contributed by atoms with E-state index in [1.54, 1.807) is 13.1 Å². The minimum absolute atomic E-state index is 0.122. The fraction of sp³-hybridized carbons (Fsp3) is 0.250. The molecule has 0 amide bonds. The Labute approximate surface area is 181 Å². The highest BCUT2D eigenvalue weighted by Gasteiger charge is 2.12. The van der Waals surface area contributed by atoms with Gasteiger partial charge in [0, 0.05) is 40.8 Å². The minimum Gasteiger partial charge on any atom is -0.366 e. The molecule has 0 saturated heterocycles. The van der Waals surface area contributed by atoms with E-state index >= 15 is 0 Å². The standard InChI is InChI=1S/C24H26N6O/c1-15-16(2)27-23(28-24(15)31)20-10-11-22(25-12-20)26-13-21-17(3)29-30(18(21)4)14-19-8-6-5-7-9-19/h5-12H,13-14H2,1-4H3,(H,25,26)(H,27,28,31). The molecule has 0 saturated carbocycles. The Balaban J connectivity index is 1.47. The van der Waals surface area contributed by atoms with Crippen molar-refractivity contribution in [2.24, 2.45) is 0 Å². The summed E-state index contributed by atoms with van der Waals surface area (Å²) in [6, 6.07) is 14.1. The summed E-state index contributed by atoms with van der Waals surface area (Å²) in [4.78, 5) is 23.8. The second-order valence-corrected chi connectivity index (χ2v) is 7.70. The molecular weight excluding hydrogens is 388 g/mol. The van der Waals surface area contributed by atoms with Gasteiger partial charge in [0.2, 0.25) is 0 Å². The van der Waals surface area contributed by atoms with Crippen LogP contribution in [0.2, 0.25) is 0 Å². The minimum atomic E-state index is -0.122. The molecule has 1 aromatic carbocycles. The van der Waals surface area contributed by atoms with Crippen LogP contribution in [0, 0.1) is 27.7 Å². The number of rotatable bonds is 6. The van der Waals surface area contributed by atoms with Crippen LogP contribution in [0.4, 0.5) is 5.82 Å². The van der Waals surface area contributed by atoms with Crippen LogP contribution in [0.5, 0.6) is 0 Å². The zero-order valence-corrected chi connectivity index (χ0v) is 18.2. The van der Waals surface area contributed by atoms with Crippen molar-refractivity contribution in [3.63, 3.8) is 0 Å². The molecule has 2 N–H and O–H groups in total. The molecule has 0 unspecified atom stereocenters. The molecule has 158 valence electrons. The maximum absolute atomic E-state index is 12.0. The number of hydrogen-bond acceptors (Lipinski definition) is 5. The summed E-state index contributed by atoms with van der Waals surface area (Å²) in [5.74, 6) is 1.28. The number of nitrogens with one attached hydrogen (secondary N) is 2. The second kappa shape index (κ2) is 8.55. The zero-order chi connectivity index (χ0) is 22.0. The Bertz CT molecular complexity index is 1260. The van der Waals surface area contributed by atoms with E-state index in [-0.39, 0.29) is 5.56 Å². The SMILES string of the molecule is Cc1nn(Cc2ccccc2)c(C)c1CNc1ccc(-c2nc(C)c(C)c(=O)[nH]2)cn1. The van der Waals surface area contributed by atoms with Gasteiger partial charge in [0.05, 0.1) is 12.2 Å². The van der Waals surface area contributed by atoms with Crippen molar-refractivity contribution in [3.05, 3.63) is 92.8 Å². The van der Waals surface area contributed by atoms with Gasteiger partial charge in [0.1, 0.15) is 11.6 Å². The molecule has 0 aliphatic carbocycles. The first kappa shape index (κ1) is 20.5. The molecule has 3 heterocycles. The quantitative estimate of drug-likeness (QED) is 0.499. The molecule has 0 aliphatic rings. The predicted octanol–water partition coefficient (Wildman–Crippen LogP) is 3.92. The first-order valence-electron chi connectivity index (χ1n) is 10.3. The Kier molecular flexibility index (Phi) is 5.66. The normalized spacial score (nSPS) is 11.0. The lowest BCUT2D eigenvalue weighted by Gasteiger charge is -2.09. The molecule has 0 fully saturated rings. The van der Waals surface area contributed by atoms with Crippen molar-refractivity contribution >= 4 is 5.82 Å². The van der Waals surface area contributed by atoms with Crippen molar-refractivity contribution in [2.75, 3.05) is 5.32 Å². The third-order valence-corrected chi connectivity index (χ3v) is 5.58. The van der Waals surface area contributed by atoms with Crippen LogP contribution in [0.15, 0.2) is 53.5 Å². The van der Waals surface area contributed by atoms with Crippen LogP contribution >= 0.6 is 0 Å². The topological polar surface area (TPSA) is 88.5 Å². The zero-order valence-electron chi connectivity index (χ0n) is 18.2. The highest BCUT2D eigenvalue weighted by atomic mass is 16.1. The lowest BCUT2D eigenvalue weighted by Crippen LogP contribution is -2.14. The fourth-order valence-corrected chi connectivity index (χ4v) is 3.50. The maximum atomic E-state index is 12.0. The molecule has 7 nitrogen and oxygen atoms in total. The summed E-state index contributed by atoms with van der Waals surface area (Å²) in [6.45, 7) is 9.11. The van der Waals surface area contributed by atoms with Crippen molar-refractivity contribution in [2.45, 2.75) is 40.8 Å². The van der Waals surface area contributed by atoms with Gasteiger partial charge in [-0.3, -0.25) is 9.48 Å². The molecule has 4 rings (SSSR count). The number of hydrogen-bond donors (Lipinski definition) is 2. The summed E-state index contributed by atoms with van der Waals surface area (Å²) in [5, 5.41) is 8.08. The molecule has 0 bridgehead atoms. The summed E-state index contributed by atoms with van der Waals surface area (Å²) >= 11 is 0. The summed E-state index contributed by atoms with van der Waals surface area (Å²) < 4.78 is 2.04. The van der Waals surface area contributed by atoms with Gasteiger partial charge in [-0.05, 0) is 45.4 Å². The summed E-state index contributed by atoms with van der Waals surface area (Å²) in [5.41, 5.74) is 6.55. The first-order valence-corrected chi connectivity index (χ1v) is 10.3. The average Bonchev–Trinajstić information content (AvgIpc) is 3.03. The lowest BCUT2D eigenvalue weighted by atomic mass is 10.2. The van der Waals surface area contributed by atoms with E-state index in [9.17, 15) is 4.79 Å². The van der Waals surface area contributed by atoms with E-state index in [0.29, 0.717) is 17.9 Å². The highest BCUT2D eigenvalue weighted by molar-refractivity contribution is 5.56. The van der Waals surface area contributed by atoms with E-state index in [0.717, 1.165) is 35.0 Å². The van der Waals surface area contributed by atoms with Crippen molar-refractivity contribution in [1.82, 2.24) is 24.7 Å². The molecule has 31 heavy (non-hydrogen) atoms. The van der Waals surface area contributed by atoms with Gasteiger partial charge in [-0.1, -0.05) is 30.3 Å². The van der Waals surface area contributed by atoms with Crippen molar-refractivity contribution in [3.8, 4) is 11.4 Å². The molecule has 0 radical (unpaired) electrons. The number of aryl methyl sites for hydroxylation is 2. The van der Waals surface area contributed by atoms with Crippen molar-refractivity contribution < 1.29 is 0 Å². The Morgan fingerprint density at radius 3 is 2.45 bits per heavy atom. The molecule has 0 atom stereocenters. The molecule has 0 aliphatic heterocycles. The van der Waals surface area contributed by atoms with E-state index < -0.39 is 0 Å². The molecule has 7 heteroatoms. The smallest absolute Gasteiger partial charge is 0.254 e. The van der Waals surface area contributed by atoms with Gasteiger partial charge >= 0.3 is 0 Å². The third kappa shape index (κ3) is 4.40. The lowest BCUT2D eigenvalue weighted by molar-refractivity contribution is 0.658. The average molecular weight is 415 g/mol. The number of H-pyrrole nitrogens is 1. The largest absolute Gasteiger partial charge is 0.366 e. The molecule has 3 aromatic heterocycles. The van der Waals surface area contributed by atoms with Gasteiger partial charge < -0.3 is 10.3 Å². The fourth-order valence-electron chi connectivity index (χ4n) is 3.50. The number of nitrogens with zero attached hydrogens (tertiary/aromatic N) is 4. The Morgan fingerprint density at radius 2 is 1.77 bits per heavy atom. The maximum Gasteiger partial charge on any atom is 0.254 e. The Hall–Kier alpha value is -3.74. The number of benzene rings is 1. The first-order chi connectivity index (χ1) is 14.9. The van der Waals surface area contributed by atoms with Crippen LogP contribution in [0.1, 0.15) is 33.8 Å². The third-order valence-electron chi connectivity index (χ3n) is 5.58. The Morgan fingerprint density at radius 1 is 1.00 bits per heavy atom. The predicted molar refractivity (Wildman–Crippen MR) is 122 cm³/mol. The summed E-state index contributed by atoms with van der Waals surface area (Å²) in [7, 11) is 0. The molecule has 4 aromatic rings. The van der Waals surface area contributed by atoms with Gasteiger partial charge in [-0.15, -0.1) is 0 Å². The van der Waals surface area contributed by atoms with Crippen LogP contribution < -0.4 is 10.9 Å². The second-order valence-electron chi connectivity index (χ2n) is 7.70. The van der Waals surface area contributed by atoms with Gasteiger partial charge in [0.15, 0.2) is 0 Å². The highest BCUT2D eigenvalue weighted by Crippen LogP contribution is 2.19. The van der Waals surface area contributed by atoms with E-state index in [1.807, 2.05) is 48.9 Å². The van der Waals surface area contributed by atoms with Gasteiger partial charge in [-0.2, -0.15) is 5.10 Å². The number of pyridine rings is 1. The van der Waals surface area contributed by atoms with E-state index in [4.69, 9.17) is 5.10 Å². The van der Waals surface area contributed by atoms with Crippen LogP contribution in [-0.4, -0.2) is 24.7 Å². The van der Waals surface area contributed by atoms with Crippen LogP contribution in [0.25, 0.3) is 11.4 Å². The van der Waals surface area contributed by atoms with Crippen LogP contribution in [0.3, 0.4) is 0 Å². The molecule has 0 spiro atoms. The monoisotopic (exact) mass is 414 g/mol. The summed E-state index contributed by atoms with van der Waals surface area (Å²) in [6.07, 6.45) is 1.72. The van der Waals surface area contributed by atoms with E-state index in [2.05, 4.69) is 39.3 Å². The molecular formula is C24H26N6O. The van der Waals surface area contributed by atoms with Gasteiger partial charge in [0.25, 0.3) is 5.56 Å². The van der Waals surface area contributed by atoms with Crippen molar-refractivity contribution in [1.29, 1.82) is 0 Å².